The Hall–Kier alpha value is -2.13. The van der Waals surface area contributed by atoms with Crippen LogP contribution in [0, 0.1) is 5.92 Å². The van der Waals surface area contributed by atoms with Gasteiger partial charge in [-0.1, -0.05) is 63.2 Å². The molecular weight excluding hydrogens is 320 g/mol. The van der Waals surface area contributed by atoms with Crippen LogP contribution in [0.4, 0.5) is 5.69 Å². The van der Waals surface area contributed by atoms with Crippen LogP contribution in [0.3, 0.4) is 0 Å². The van der Waals surface area contributed by atoms with Gasteiger partial charge in [-0.25, -0.2) is 0 Å². The maximum atomic E-state index is 12.4. The Kier molecular flexibility index (Phi) is 5.77. The van der Waals surface area contributed by atoms with Crippen molar-refractivity contribution in [3.63, 3.8) is 0 Å². The van der Waals surface area contributed by atoms with Gasteiger partial charge in [0.15, 0.2) is 0 Å². The summed E-state index contributed by atoms with van der Waals surface area (Å²) in [6.45, 7) is 9.66. The molecule has 1 saturated heterocycles. The molecule has 1 heterocycles. The topological polar surface area (TPSA) is 32.3 Å². The van der Waals surface area contributed by atoms with E-state index in [0.29, 0.717) is 0 Å². The SMILES string of the molecule is CC(C)(C)c1ccc(CN2CCC(C(=O)Nc3ccccc3)CC2)cc1. The molecular formula is C23H30N2O. The largest absolute Gasteiger partial charge is 0.326 e. The number of hydrogen-bond donors (Lipinski definition) is 1. The minimum Gasteiger partial charge on any atom is -0.326 e. The molecule has 0 aliphatic carbocycles. The van der Waals surface area contributed by atoms with Crippen LogP contribution in [0.25, 0.3) is 0 Å². The number of likely N-dealkylation sites (tertiary alicyclic amines) is 1. The van der Waals surface area contributed by atoms with Crippen molar-refractivity contribution in [2.24, 2.45) is 5.92 Å². The zero-order valence-electron chi connectivity index (χ0n) is 16.2. The van der Waals surface area contributed by atoms with Crippen molar-refractivity contribution in [3.8, 4) is 0 Å². The number of nitrogens with zero attached hydrogens (tertiary/aromatic N) is 1. The Morgan fingerprint density at radius 1 is 1.00 bits per heavy atom. The van der Waals surface area contributed by atoms with Crippen LogP contribution >= 0.6 is 0 Å². The van der Waals surface area contributed by atoms with Crippen molar-refractivity contribution in [3.05, 3.63) is 65.7 Å². The van der Waals surface area contributed by atoms with Crippen LogP contribution in [0.5, 0.6) is 0 Å². The van der Waals surface area contributed by atoms with Crippen molar-refractivity contribution >= 4 is 11.6 Å². The summed E-state index contributed by atoms with van der Waals surface area (Å²) in [6, 6.07) is 18.7. The number of anilines is 1. The van der Waals surface area contributed by atoms with Crippen LogP contribution in [-0.4, -0.2) is 23.9 Å². The predicted octanol–water partition coefficient (Wildman–Crippen LogP) is 4.83. The minimum absolute atomic E-state index is 0.120. The molecule has 2 aromatic carbocycles. The zero-order valence-corrected chi connectivity index (χ0v) is 16.2. The van der Waals surface area contributed by atoms with E-state index >= 15 is 0 Å². The molecule has 1 aliphatic rings. The lowest BCUT2D eigenvalue weighted by atomic mass is 9.86. The normalized spacial score (nSPS) is 16.4. The van der Waals surface area contributed by atoms with Gasteiger partial charge < -0.3 is 5.32 Å². The Balaban J connectivity index is 1.48. The number of para-hydroxylation sites is 1. The molecule has 1 aliphatic heterocycles. The van der Waals surface area contributed by atoms with Crippen LogP contribution in [0.2, 0.25) is 0 Å². The summed E-state index contributed by atoms with van der Waals surface area (Å²) in [5.74, 6) is 0.278. The highest BCUT2D eigenvalue weighted by Crippen LogP contribution is 2.24. The van der Waals surface area contributed by atoms with Crippen LogP contribution in [0.1, 0.15) is 44.7 Å². The van der Waals surface area contributed by atoms with Crippen LogP contribution in [0.15, 0.2) is 54.6 Å². The quantitative estimate of drug-likeness (QED) is 0.856. The van der Waals surface area contributed by atoms with Crippen molar-refractivity contribution in [2.45, 2.75) is 45.6 Å². The Bertz CT molecular complexity index is 708. The van der Waals surface area contributed by atoms with Gasteiger partial charge in [-0.3, -0.25) is 9.69 Å². The van der Waals surface area contributed by atoms with Gasteiger partial charge in [0.1, 0.15) is 0 Å². The molecule has 26 heavy (non-hydrogen) atoms. The molecule has 3 rings (SSSR count). The number of rotatable bonds is 4. The summed E-state index contributed by atoms with van der Waals surface area (Å²) in [6.07, 6.45) is 1.86. The first-order valence-corrected chi connectivity index (χ1v) is 9.59. The standard InChI is InChI=1S/C23H30N2O/c1-23(2,3)20-11-9-18(10-12-20)17-25-15-13-19(14-16-25)22(26)24-21-7-5-4-6-8-21/h4-12,19H,13-17H2,1-3H3,(H,24,26). The van der Waals surface area contributed by atoms with E-state index < -0.39 is 0 Å². The van der Waals surface area contributed by atoms with Crippen molar-refractivity contribution < 1.29 is 4.79 Å². The van der Waals surface area contributed by atoms with E-state index in [9.17, 15) is 4.79 Å². The summed E-state index contributed by atoms with van der Waals surface area (Å²) in [5.41, 5.74) is 3.81. The van der Waals surface area contributed by atoms with E-state index in [4.69, 9.17) is 0 Å². The fourth-order valence-corrected chi connectivity index (χ4v) is 3.49. The second-order valence-electron chi connectivity index (χ2n) is 8.35. The lowest BCUT2D eigenvalue weighted by Crippen LogP contribution is -2.37. The first-order chi connectivity index (χ1) is 12.4. The van der Waals surface area contributed by atoms with E-state index in [2.05, 4.69) is 55.3 Å². The molecule has 0 atom stereocenters. The monoisotopic (exact) mass is 350 g/mol. The fraction of sp³-hybridized carbons (Fsp3) is 0.435. The van der Waals surface area contributed by atoms with Gasteiger partial charge in [0.2, 0.25) is 5.91 Å². The van der Waals surface area contributed by atoms with Gasteiger partial charge in [-0.15, -0.1) is 0 Å². The maximum Gasteiger partial charge on any atom is 0.227 e. The fourth-order valence-electron chi connectivity index (χ4n) is 3.49. The van der Waals surface area contributed by atoms with E-state index in [0.717, 1.165) is 38.2 Å². The van der Waals surface area contributed by atoms with E-state index in [1.165, 1.54) is 11.1 Å². The summed E-state index contributed by atoms with van der Waals surface area (Å²) in [4.78, 5) is 14.9. The molecule has 1 amide bonds. The third kappa shape index (κ3) is 4.95. The second kappa shape index (κ2) is 8.05. The molecule has 0 radical (unpaired) electrons. The average molecular weight is 351 g/mol. The van der Waals surface area contributed by atoms with Crippen LogP contribution in [-0.2, 0) is 16.8 Å². The number of amides is 1. The zero-order chi connectivity index (χ0) is 18.6. The van der Waals surface area contributed by atoms with Gasteiger partial charge in [-0.2, -0.15) is 0 Å². The van der Waals surface area contributed by atoms with Gasteiger partial charge in [0.05, 0.1) is 0 Å². The average Bonchev–Trinajstić information content (AvgIpc) is 2.63. The molecule has 0 spiro atoms. The van der Waals surface area contributed by atoms with Gasteiger partial charge in [-0.05, 0) is 54.6 Å². The second-order valence-corrected chi connectivity index (χ2v) is 8.35. The Labute approximate surface area is 157 Å². The minimum atomic E-state index is 0.120. The number of piperidine rings is 1. The molecule has 0 bridgehead atoms. The molecule has 0 saturated carbocycles. The molecule has 3 nitrogen and oxygen atoms in total. The van der Waals surface area contributed by atoms with Gasteiger partial charge in [0.25, 0.3) is 0 Å². The van der Waals surface area contributed by atoms with Gasteiger partial charge in [0, 0.05) is 18.2 Å². The number of carbonyl (C=O) groups is 1. The Morgan fingerprint density at radius 2 is 1.62 bits per heavy atom. The number of carbonyl (C=O) groups excluding carboxylic acids is 1. The molecule has 0 unspecified atom stereocenters. The predicted molar refractivity (Wildman–Crippen MR) is 108 cm³/mol. The number of benzene rings is 2. The van der Waals surface area contributed by atoms with Crippen molar-refractivity contribution in [1.29, 1.82) is 0 Å². The lowest BCUT2D eigenvalue weighted by Gasteiger charge is -2.31. The summed E-state index contributed by atoms with van der Waals surface area (Å²) < 4.78 is 0. The highest BCUT2D eigenvalue weighted by molar-refractivity contribution is 5.92. The summed E-state index contributed by atoms with van der Waals surface area (Å²) in [5, 5.41) is 3.04. The highest BCUT2D eigenvalue weighted by atomic mass is 16.1. The summed E-state index contributed by atoms with van der Waals surface area (Å²) in [7, 11) is 0. The van der Waals surface area contributed by atoms with Crippen LogP contribution < -0.4 is 5.32 Å². The molecule has 138 valence electrons. The molecule has 0 aromatic heterocycles. The van der Waals surface area contributed by atoms with E-state index in [1.54, 1.807) is 0 Å². The lowest BCUT2D eigenvalue weighted by molar-refractivity contribution is -0.121. The van der Waals surface area contributed by atoms with Crippen molar-refractivity contribution in [2.75, 3.05) is 18.4 Å². The first kappa shape index (κ1) is 18.7. The third-order valence-electron chi connectivity index (χ3n) is 5.23. The maximum absolute atomic E-state index is 12.4. The van der Waals surface area contributed by atoms with Gasteiger partial charge >= 0.3 is 0 Å². The summed E-state index contributed by atoms with van der Waals surface area (Å²) >= 11 is 0. The number of nitrogens with one attached hydrogen (secondary N) is 1. The van der Waals surface area contributed by atoms with E-state index in [-0.39, 0.29) is 17.2 Å². The highest BCUT2D eigenvalue weighted by Gasteiger charge is 2.25. The molecule has 1 N–H and O–H groups in total. The van der Waals surface area contributed by atoms with E-state index in [1.807, 2.05) is 30.3 Å². The molecule has 1 fully saturated rings. The first-order valence-electron chi connectivity index (χ1n) is 9.59. The third-order valence-corrected chi connectivity index (χ3v) is 5.23. The smallest absolute Gasteiger partial charge is 0.227 e. The van der Waals surface area contributed by atoms with Crippen molar-refractivity contribution in [1.82, 2.24) is 4.90 Å². The Morgan fingerprint density at radius 3 is 2.19 bits per heavy atom. The molecule has 2 aromatic rings. The number of hydrogen-bond acceptors (Lipinski definition) is 2. The molecule has 3 heteroatoms.